The number of hydrogen-bond acceptors (Lipinski definition) is 4. The number of rotatable bonds is 3. The molecule has 0 fully saturated rings. The van der Waals surface area contributed by atoms with Gasteiger partial charge in [-0.2, -0.15) is 0 Å². The maximum atomic E-state index is 11.9. The van der Waals surface area contributed by atoms with Crippen molar-refractivity contribution in [3.63, 3.8) is 0 Å². The van der Waals surface area contributed by atoms with E-state index in [1.165, 1.54) is 24.1 Å². The van der Waals surface area contributed by atoms with Gasteiger partial charge in [-0.25, -0.2) is 5.43 Å². The Hall–Kier alpha value is -2.08. The molecule has 0 aromatic carbocycles. The number of amides is 1. The highest BCUT2D eigenvalue weighted by Gasteiger charge is 2.26. The van der Waals surface area contributed by atoms with Gasteiger partial charge >= 0.3 is 0 Å². The van der Waals surface area contributed by atoms with E-state index < -0.39 is 0 Å². The lowest BCUT2D eigenvalue weighted by Gasteiger charge is -2.28. The van der Waals surface area contributed by atoms with E-state index in [1.54, 1.807) is 0 Å². The third-order valence-corrected chi connectivity index (χ3v) is 4.16. The molecule has 0 saturated heterocycles. The van der Waals surface area contributed by atoms with Gasteiger partial charge in [-0.3, -0.25) is 4.79 Å². The Balaban J connectivity index is 1.92. The van der Waals surface area contributed by atoms with E-state index in [4.69, 9.17) is 4.74 Å². The zero-order chi connectivity index (χ0) is 15.7. The fourth-order valence-corrected chi connectivity index (χ4v) is 3.13. The molecule has 1 aromatic rings. The van der Waals surface area contributed by atoms with Crippen molar-refractivity contribution >= 4 is 17.9 Å². The highest BCUT2D eigenvalue weighted by atomic mass is 16.5. The summed E-state index contributed by atoms with van der Waals surface area (Å²) in [5.41, 5.74) is 6.45. The van der Waals surface area contributed by atoms with Gasteiger partial charge in [0.05, 0.1) is 6.61 Å². The fraction of sp³-hybridized carbons (Fsp3) is 0.500. The van der Waals surface area contributed by atoms with Crippen molar-refractivity contribution in [3.8, 4) is 0 Å². The Bertz CT molecular complexity index is 643. The maximum absolute atomic E-state index is 11.9. The average molecular weight is 302 g/mol. The molecule has 0 bridgehead atoms. The van der Waals surface area contributed by atoms with E-state index in [1.807, 2.05) is 13.0 Å². The van der Waals surface area contributed by atoms with Crippen LogP contribution in [-0.2, 0) is 16.0 Å². The number of nitrogens with one attached hydrogen (secondary N) is 2. The van der Waals surface area contributed by atoms with Crippen LogP contribution in [0.4, 0.5) is 0 Å². The summed E-state index contributed by atoms with van der Waals surface area (Å²) in [5.74, 6) is 0.143. The van der Waals surface area contributed by atoms with Crippen LogP contribution in [0.25, 0.3) is 6.08 Å². The second-order valence-electron chi connectivity index (χ2n) is 5.88. The highest BCUT2D eigenvalue weighted by molar-refractivity contribution is 6.24. The molecule has 2 N–H and O–H groups in total. The van der Waals surface area contributed by atoms with Gasteiger partial charge in [0, 0.05) is 17.4 Å². The summed E-state index contributed by atoms with van der Waals surface area (Å²) in [7, 11) is 4.21. The molecule has 22 heavy (non-hydrogen) atoms. The fourth-order valence-electron chi connectivity index (χ4n) is 3.13. The Kier molecular flexibility index (Phi) is 4.02. The molecule has 1 amide bonds. The van der Waals surface area contributed by atoms with Crippen molar-refractivity contribution in [2.45, 2.75) is 32.2 Å². The van der Waals surface area contributed by atoms with Crippen molar-refractivity contribution in [1.82, 2.24) is 15.3 Å². The van der Waals surface area contributed by atoms with Gasteiger partial charge in [0.1, 0.15) is 5.57 Å². The first-order valence-corrected chi connectivity index (χ1v) is 7.71. The predicted molar refractivity (Wildman–Crippen MR) is 85.3 cm³/mol. The van der Waals surface area contributed by atoms with E-state index >= 15 is 0 Å². The number of aromatic nitrogens is 1. The van der Waals surface area contributed by atoms with E-state index in [9.17, 15) is 4.79 Å². The Morgan fingerprint density at radius 2 is 2.32 bits per heavy atom. The lowest BCUT2D eigenvalue weighted by molar-refractivity contribution is -0.116. The van der Waals surface area contributed by atoms with Crippen LogP contribution in [0, 0.1) is 0 Å². The topological polar surface area (TPSA) is 69.7 Å². The van der Waals surface area contributed by atoms with Crippen LogP contribution in [0.5, 0.6) is 0 Å². The molecular weight excluding hydrogens is 280 g/mol. The summed E-state index contributed by atoms with van der Waals surface area (Å²) >= 11 is 0. The number of fused-ring (bicyclic) bond motifs is 1. The SMILES string of the molecule is CCOC1=NNC(=O)C1=Cc1cc2c([nH]1)CCCC2N(C)C. The van der Waals surface area contributed by atoms with Crippen LogP contribution >= 0.6 is 0 Å². The maximum Gasteiger partial charge on any atom is 0.277 e. The molecule has 3 rings (SSSR count). The molecule has 2 aliphatic rings. The van der Waals surface area contributed by atoms with Crippen LogP contribution in [0.3, 0.4) is 0 Å². The number of nitrogens with zero attached hydrogens (tertiary/aromatic N) is 2. The molecule has 1 atom stereocenters. The molecule has 6 nitrogen and oxygen atoms in total. The first kappa shape index (κ1) is 14.8. The van der Waals surface area contributed by atoms with E-state index in [0.29, 0.717) is 24.1 Å². The van der Waals surface area contributed by atoms with Gasteiger partial charge in [-0.1, -0.05) is 0 Å². The molecule has 1 aromatic heterocycles. The van der Waals surface area contributed by atoms with Crippen LogP contribution in [0.2, 0.25) is 0 Å². The number of hydrazone groups is 1. The summed E-state index contributed by atoms with van der Waals surface area (Å²) in [6, 6.07) is 2.58. The van der Waals surface area contributed by atoms with E-state index in [0.717, 1.165) is 12.1 Å². The van der Waals surface area contributed by atoms with Gasteiger partial charge < -0.3 is 14.6 Å². The number of carbonyl (C=O) groups excluding carboxylic acids is 1. The average Bonchev–Trinajstić information content (AvgIpc) is 3.04. The molecule has 0 spiro atoms. The quantitative estimate of drug-likeness (QED) is 0.837. The molecule has 118 valence electrons. The molecule has 0 saturated carbocycles. The van der Waals surface area contributed by atoms with Crippen molar-refractivity contribution in [2.24, 2.45) is 5.10 Å². The summed E-state index contributed by atoms with van der Waals surface area (Å²) in [4.78, 5) is 17.6. The minimum absolute atomic E-state index is 0.222. The number of carbonyl (C=O) groups is 1. The molecule has 6 heteroatoms. The minimum Gasteiger partial charge on any atom is -0.476 e. The smallest absolute Gasteiger partial charge is 0.277 e. The molecule has 0 radical (unpaired) electrons. The number of aryl methyl sites for hydroxylation is 1. The summed E-state index contributed by atoms with van der Waals surface area (Å²) in [5, 5.41) is 3.91. The standard InChI is InChI=1S/C16H22N4O2/c1-4-22-16-12(15(21)18-19-16)9-10-8-11-13(17-10)6-5-7-14(11)20(2)3/h8-9,14,17H,4-7H2,1-3H3,(H,18,21). The molecule has 1 aliphatic heterocycles. The number of H-pyrrole nitrogens is 1. The van der Waals surface area contributed by atoms with Gasteiger partial charge in [0.25, 0.3) is 5.91 Å². The monoisotopic (exact) mass is 302 g/mol. The summed E-state index contributed by atoms with van der Waals surface area (Å²) < 4.78 is 5.40. The summed E-state index contributed by atoms with van der Waals surface area (Å²) in [6.45, 7) is 2.35. The lowest BCUT2D eigenvalue weighted by atomic mass is 9.92. The van der Waals surface area contributed by atoms with Gasteiger partial charge in [0.2, 0.25) is 5.90 Å². The van der Waals surface area contributed by atoms with Gasteiger partial charge in [0.15, 0.2) is 0 Å². The molecular formula is C16H22N4O2. The first-order chi connectivity index (χ1) is 10.6. The van der Waals surface area contributed by atoms with Crippen LogP contribution in [0.15, 0.2) is 16.7 Å². The zero-order valence-corrected chi connectivity index (χ0v) is 13.3. The van der Waals surface area contributed by atoms with Crippen LogP contribution < -0.4 is 5.43 Å². The third-order valence-electron chi connectivity index (χ3n) is 4.16. The van der Waals surface area contributed by atoms with Crippen molar-refractivity contribution in [1.29, 1.82) is 0 Å². The molecule has 1 aliphatic carbocycles. The minimum atomic E-state index is -0.222. The Morgan fingerprint density at radius 1 is 1.50 bits per heavy atom. The van der Waals surface area contributed by atoms with Crippen LogP contribution in [0.1, 0.15) is 42.8 Å². The van der Waals surface area contributed by atoms with Crippen LogP contribution in [-0.4, -0.2) is 42.4 Å². The van der Waals surface area contributed by atoms with E-state index in [2.05, 4.69) is 40.6 Å². The second kappa shape index (κ2) is 5.96. The number of hydrogen-bond donors (Lipinski definition) is 2. The second-order valence-corrected chi connectivity index (χ2v) is 5.88. The first-order valence-electron chi connectivity index (χ1n) is 7.71. The van der Waals surface area contributed by atoms with Crippen molar-refractivity contribution < 1.29 is 9.53 Å². The van der Waals surface area contributed by atoms with Crippen molar-refractivity contribution in [2.75, 3.05) is 20.7 Å². The Labute approximate surface area is 130 Å². The number of aromatic amines is 1. The van der Waals surface area contributed by atoms with Crippen molar-refractivity contribution in [3.05, 3.63) is 28.6 Å². The normalized spacial score (nSPS) is 22.7. The lowest BCUT2D eigenvalue weighted by Crippen LogP contribution is -2.23. The highest BCUT2D eigenvalue weighted by Crippen LogP contribution is 2.33. The largest absolute Gasteiger partial charge is 0.476 e. The van der Waals surface area contributed by atoms with Gasteiger partial charge in [-0.15, -0.1) is 5.10 Å². The predicted octanol–water partition coefficient (Wildman–Crippen LogP) is 1.82. The van der Waals surface area contributed by atoms with Gasteiger partial charge in [-0.05, 0) is 58.0 Å². The third kappa shape index (κ3) is 2.66. The number of ether oxygens (including phenoxy) is 1. The van der Waals surface area contributed by atoms with E-state index in [-0.39, 0.29) is 5.91 Å². The zero-order valence-electron chi connectivity index (χ0n) is 13.3. The molecule has 1 unspecified atom stereocenters. The Morgan fingerprint density at radius 3 is 3.05 bits per heavy atom. The summed E-state index contributed by atoms with van der Waals surface area (Å²) in [6.07, 6.45) is 5.22. The molecule has 2 heterocycles.